The topological polar surface area (TPSA) is 61.8 Å². The van der Waals surface area contributed by atoms with Crippen LogP contribution in [0.3, 0.4) is 0 Å². The fourth-order valence-electron chi connectivity index (χ4n) is 8.04. The number of rotatable bonds is 6. The van der Waals surface area contributed by atoms with Crippen LogP contribution in [0.4, 0.5) is 10.2 Å². The number of ether oxygens (including phenoxy) is 1. The van der Waals surface area contributed by atoms with E-state index in [1.54, 1.807) is 12.1 Å². The van der Waals surface area contributed by atoms with Crippen molar-refractivity contribution < 1.29 is 13.9 Å². The fraction of sp³-hybridized carbons (Fsp3) is 0.382. The number of fused-ring (bicyclic) bond motifs is 4. The maximum atomic E-state index is 16.1. The fourth-order valence-corrected chi connectivity index (χ4v) is 8.32. The lowest BCUT2D eigenvalue weighted by Crippen LogP contribution is -2.63. The van der Waals surface area contributed by atoms with Crippen LogP contribution < -0.4 is 9.64 Å². The van der Waals surface area contributed by atoms with Crippen LogP contribution >= 0.6 is 11.6 Å². The Morgan fingerprint density at radius 3 is 2.65 bits per heavy atom. The van der Waals surface area contributed by atoms with Gasteiger partial charge in [0.1, 0.15) is 18.2 Å². The molecule has 0 saturated carbocycles. The molecule has 9 heteroatoms. The lowest BCUT2D eigenvalue weighted by molar-refractivity contribution is -0.127. The molecule has 4 aliphatic heterocycles. The second-order valence-corrected chi connectivity index (χ2v) is 12.7. The molecule has 43 heavy (non-hydrogen) atoms. The minimum atomic E-state index is -0.364. The number of halogens is 2. The number of benzene rings is 3. The van der Waals surface area contributed by atoms with E-state index >= 15 is 4.39 Å². The van der Waals surface area contributed by atoms with Gasteiger partial charge in [-0.3, -0.25) is 9.69 Å². The van der Waals surface area contributed by atoms with Gasteiger partial charge in [-0.15, -0.1) is 0 Å². The summed E-state index contributed by atoms with van der Waals surface area (Å²) in [4.78, 5) is 28.8. The van der Waals surface area contributed by atoms with Crippen LogP contribution in [0.25, 0.3) is 32.8 Å². The van der Waals surface area contributed by atoms with Crippen LogP contribution in [-0.2, 0) is 4.79 Å². The van der Waals surface area contributed by atoms with E-state index in [0.717, 1.165) is 48.7 Å². The average molecular weight is 598 g/mol. The summed E-state index contributed by atoms with van der Waals surface area (Å²) in [5, 5.41) is 2.96. The summed E-state index contributed by atoms with van der Waals surface area (Å²) in [5.74, 6) is 0.240. The first-order valence-electron chi connectivity index (χ1n) is 15.2. The smallest absolute Gasteiger partial charge is 0.319 e. The molecule has 4 fully saturated rings. The molecule has 0 aliphatic carbocycles. The summed E-state index contributed by atoms with van der Waals surface area (Å²) >= 11 is 6.63. The van der Waals surface area contributed by atoms with Gasteiger partial charge >= 0.3 is 6.01 Å². The molecule has 0 N–H and O–H groups in total. The lowest BCUT2D eigenvalue weighted by Gasteiger charge is -2.47. The van der Waals surface area contributed by atoms with Crippen molar-refractivity contribution >= 4 is 45.0 Å². The molecule has 0 spiro atoms. The molecule has 7 nitrogen and oxygen atoms in total. The first-order valence-corrected chi connectivity index (χ1v) is 15.6. The highest BCUT2D eigenvalue weighted by Gasteiger charge is 2.49. The molecule has 4 saturated heterocycles. The van der Waals surface area contributed by atoms with Crippen LogP contribution in [0.5, 0.6) is 6.01 Å². The van der Waals surface area contributed by atoms with E-state index in [1.807, 2.05) is 41.3 Å². The lowest BCUT2D eigenvalue weighted by atomic mass is 9.94. The monoisotopic (exact) mass is 597 g/mol. The summed E-state index contributed by atoms with van der Waals surface area (Å²) in [6, 6.07) is 15.4. The van der Waals surface area contributed by atoms with Crippen LogP contribution in [0.15, 0.2) is 61.2 Å². The van der Waals surface area contributed by atoms with E-state index in [1.165, 1.54) is 18.9 Å². The van der Waals surface area contributed by atoms with E-state index in [9.17, 15) is 4.79 Å². The van der Waals surface area contributed by atoms with E-state index < -0.39 is 0 Å². The predicted molar refractivity (Wildman–Crippen MR) is 167 cm³/mol. The van der Waals surface area contributed by atoms with Gasteiger partial charge in [-0.05, 0) is 80.4 Å². The van der Waals surface area contributed by atoms with Crippen molar-refractivity contribution in [2.45, 2.75) is 49.7 Å². The maximum Gasteiger partial charge on any atom is 0.319 e. The van der Waals surface area contributed by atoms with Gasteiger partial charge in [0.05, 0.1) is 23.1 Å². The van der Waals surface area contributed by atoms with Crippen LogP contribution in [-0.4, -0.2) is 76.1 Å². The van der Waals surface area contributed by atoms with Gasteiger partial charge in [-0.2, -0.15) is 9.97 Å². The molecule has 4 aromatic rings. The Bertz CT molecular complexity index is 1780. The highest BCUT2D eigenvalue weighted by atomic mass is 35.5. The molecule has 1 aromatic heterocycles. The Balaban J connectivity index is 1.22. The second kappa shape index (κ2) is 10.2. The number of carbonyl (C=O) groups is 1. The van der Waals surface area contributed by atoms with Crippen LogP contribution in [0.1, 0.15) is 32.1 Å². The Morgan fingerprint density at radius 2 is 1.86 bits per heavy atom. The zero-order chi connectivity index (χ0) is 29.3. The van der Waals surface area contributed by atoms with Gasteiger partial charge in [0, 0.05) is 34.4 Å². The minimum Gasteiger partial charge on any atom is -0.461 e. The van der Waals surface area contributed by atoms with Gasteiger partial charge in [0.15, 0.2) is 0 Å². The standard InChI is InChI=1S/C34H33ClFN5O2/c1-2-30(42)40-16-11-28-29(40)19-41(28)32-24-17-26(36)23(22-9-3-7-21-8-4-10-25(35)31(21)22)18-27(24)37-33(38-32)43-20-34-12-5-14-39(34)15-6-13-34/h2-4,7-10,17-18,28-29H,1,5-6,11-16,19-20H2/t28-,29+/m0/s1. The maximum absolute atomic E-state index is 16.1. The number of amides is 1. The first kappa shape index (κ1) is 26.8. The summed E-state index contributed by atoms with van der Waals surface area (Å²) < 4.78 is 22.5. The number of hydrogen-bond acceptors (Lipinski definition) is 6. The molecule has 220 valence electrons. The third-order valence-electron chi connectivity index (χ3n) is 10.2. The molecule has 4 aliphatic rings. The molecule has 0 radical (unpaired) electrons. The number of aromatic nitrogens is 2. The summed E-state index contributed by atoms with van der Waals surface area (Å²) in [7, 11) is 0. The van der Waals surface area contributed by atoms with Gasteiger partial charge < -0.3 is 14.5 Å². The zero-order valence-electron chi connectivity index (χ0n) is 23.9. The highest BCUT2D eigenvalue weighted by Crippen LogP contribution is 2.43. The van der Waals surface area contributed by atoms with Crippen molar-refractivity contribution in [3.05, 3.63) is 72.0 Å². The van der Waals surface area contributed by atoms with Crippen molar-refractivity contribution in [3.63, 3.8) is 0 Å². The third kappa shape index (κ3) is 4.21. The van der Waals surface area contributed by atoms with E-state index in [0.29, 0.717) is 53.0 Å². The van der Waals surface area contributed by atoms with E-state index in [-0.39, 0.29) is 29.3 Å². The quantitative estimate of drug-likeness (QED) is 0.246. The normalized spacial score (nSPS) is 22.6. The molecule has 0 unspecified atom stereocenters. The summed E-state index contributed by atoms with van der Waals surface area (Å²) in [6.07, 6.45) is 6.79. The van der Waals surface area contributed by atoms with Crippen molar-refractivity contribution in [2.75, 3.05) is 37.7 Å². The number of anilines is 1. The number of nitrogens with zero attached hydrogens (tertiary/aromatic N) is 5. The Hall–Kier alpha value is -3.75. The summed E-state index contributed by atoms with van der Waals surface area (Å²) in [6.45, 7) is 7.72. The second-order valence-electron chi connectivity index (χ2n) is 12.3. The predicted octanol–water partition coefficient (Wildman–Crippen LogP) is 6.23. The molecule has 5 heterocycles. The molecular formula is C34H33ClFN5O2. The Labute approximate surface area is 254 Å². The Morgan fingerprint density at radius 1 is 1.07 bits per heavy atom. The molecule has 2 atom stereocenters. The SMILES string of the molecule is C=CC(=O)N1CC[C@H]2[C@H]1CN2c1nc(OCC23CCCN2CCC3)nc2cc(-c3cccc4cccc(Cl)c34)c(F)cc12. The van der Waals surface area contributed by atoms with Gasteiger partial charge in [-0.25, -0.2) is 4.39 Å². The highest BCUT2D eigenvalue weighted by molar-refractivity contribution is 6.36. The number of carbonyl (C=O) groups excluding carboxylic acids is 1. The molecule has 1 amide bonds. The van der Waals surface area contributed by atoms with Crippen molar-refractivity contribution in [3.8, 4) is 17.1 Å². The van der Waals surface area contributed by atoms with Crippen molar-refractivity contribution in [2.24, 2.45) is 0 Å². The molecule has 3 aromatic carbocycles. The van der Waals surface area contributed by atoms with Gasteiger partial charge in [-0.1, -0.05) is 48.5 Å². The number of hydrogen-bond donors (Lipinski definition) is 0. The Kier molecular flexibility index (Phi) is 6.35. The van der Waals surface area contributed by atoms with Crippen LogP contribution in [0, 0.1) is 5.82 Å². The largest absolute Gasteiger partial charge is 0.461 e. The minimum absolute atomic E-state index is 0.0466. The first-order chi connectivity index (χ1) is 21.0. The zero-order valence-corrected chi connectivity index (χ0v) is 24.7. The van der Waals surface area contributed by atoms with Gasteiger partial charge in [0.2, 0.25) is 5.91 Å². The molecule has 0 bridgehead atoms. The third-order valence-corrected chi connectivity index (χ3v) is 10.5. The van der Waals surface area contributed by atoms with E-state index in [2.05, 4.69) is 16.4 Å². The van der Waals surface area contributed by atoms with Crippen molar-refractivity contribution in [1.82, 2.24) is 19.8 Å². The van der Waals surface area contributed by atoms with Crippen LogP contribution in [0.2, 0.25) is 5.02 Å². The average Bonchev–Trinajstić information content (AvgIpc) is 3.68. The van der Waals surface area contributed by atoms with E-state index in [4.69, 9.17) is 26.3 Å². The van der Waals surface area contributed by atoms with Gasteiger partial charge in [0.25, 0.3) is 0 Å². The summed E-state index contributed by atoms with van der Waals surface area (Å²) in [5.41, 5.74) is 1.82. The van der Waals surface area contributed by atoms with Crippen molar-refractivity contribution in [1.29, 1.82) is 0 Å². The number of likely N-dealkylation sites (tertiary alicyclic amines) is 1. The molecule has 8 rings (SSSR count). The molecular weight excluding hydrogens is 565 g/mol.